The van der Waals surface area contributed by atoms with Crippen LogP contribution in [0.25, 0.3) is 33.2 Å². The zero-order chi connectivity index (χ0) is 43.8. The Morgan fingerprint density at radius 2 is 1.81 bits per heavy atom. The summed E-state index contributed by atoms with van der Waals surface area (Å²) < 4.78 is 14.9. The number of esters is 1. The summed E-state index contributed by atoms with van der Waals surface area (Å²) in [6, 6.07) is 17.9. The first-order valence-corrected chi connectivity index (χ1v) is 20.7. The molecule has 0 bridgehead atoms. The SMILES string of the molecule is CCc1c2c(nc3ccc(OCC(=O)N(C)CCn4ccc5cc(C6C(O)=NN=C6c6cc(C(C)C)c(O)cc6O)ccc54)cc13)-c1cc3c(c(=O)n1C2)COC(=O)C3(O)CC. The number of aliphatic hydroxyl groups is 2. The first-order chi connectivity index (χ1) is 29.7. The largest absolute Gasteiger partial charge is 0.508 e. The molecule has 3 aliphatic heterocycles. The number of cyclic esters (lactones) is 1. The zero-order valence-corrected chi connectivity index (χ0v) is 35.0. The third-order valence-electron chi connectivity index (χ3n) is 12.6. The molecule has 0 radical (unpaired) electrons. The van der Waals surface area contributed by atoms with E-state index in [4.69, 9.17) is 14.5 Å². The number of aryl methyl sites for hydroxylation is 1. The smallest absolute Gasteiger partial charge is 0.343 e. The van der Waals surface area contributed by atoms with Gasteiger partial charge in [-0.25, -0.2) is 9.78 Å². The lowest BCUT2D eigenvalue weighted by Gasteiger charge is -2.31. The third kappa shape index (κ3) is 6.46. The van der Waals surface area contributed by atoms with Crippen molar-refractivity contribution >= 4 is 45.3 Å². The number of aliphatic hydroxyl groups excluding tert-OH is 1. The van der Waals surface area contributed by atoms with Crippen LogP contribution in [0.4, 0.5) is 0 Å². The number of fused-ring (bicyclic) bond motifs is 6. The lowest BCUT2D eigenvalue weighted by Crippen LogP contribution is -2.44. The summed E-state index contributed by atoms with van der Waals surface area (Å²) >= 11 is 0. The zero-order valence-electron chi connectivity index (χ0n) is 35.0. The fourth-order valence-corrected chi connectivity index (χ4v) is 8.99. The van der Waals surface area contributed by atoms with Crippen LogP contribution in [0, 0.1) is 0 Å². The molecule has 0 spiro atoms. The van der Waals surface area contributed by atoms with E-state index in [1.165, 1.54) is 6.07 Å². The predicted molar refractivity (Wildman–Crippen MR) is 232 cm³/mol. The van der Waals surface area contributed by atoms with E-state index in [9.17, 15) is 34.8 Å². The quantitative estimate of drug-likeness (QED) is 0.110. The van der Waals surface area contributed by atoms with Crippen molar-refractivity contribution in [3.05, 3.63) is 116 Å². The molecule has 0 saturated heterocycles. The van der Waals surface area contributed by atoms with Gasteiger partial charge in [0.1, 0.15) is 29.8 Å². The lowest BCUT2D eigenvalue weighted by atomic mass is 9.86. The first-order valence-electron chi connectivity index (χ1n) is 20.7. The van der Waals surface area contributed by atoms with Gasteiger partial charge in [-0.3, -0.25) is 9.59 Å². The van der Waals surface area contributed by atoms with Gasteiger partial charge in [-0.15, -0.1) is 5.10 Å². The molecule has 3 aromatic heterocycles. The van der Waals surface area contributed by atoms with E-state index in [0.29, 0.717) is 59.0 Å². The summed E-state index contributed by atoms with van der Waals surface area (Å²) in [5, 5.41) is 53.1. The number of benzene rings is 3. The molecule has 2 unspecified atom stereocenters. The number of phenolic OH excluding ortho intramolecular Hbond substituents is 2. The number of pyridine rings is 2. The molecule has 1 amide bonds. The number of carbonyl (C=O) groups excluding carboxylic acids is 2. The lowest BCUT2D eigenvalue weighted by molar-refractivity contribution is -0.172. The topological polar surface area (TPSA) is 201 Å². The van der Waals surface area contributed by atoms with Crippen molar-refractivity contribution in [2.24, 2.45) is 10.2 Å². The van der Waals surface area contributed by atoms with Gasteiger partial charge in [-0.1, -0.05) is 33.8 Å². The van der Waals surface area contributed by atoms with Crippen LogP contribution in [-0.2, 0) is 46.0 Å². The van der Waals surface area contributed by atoms with E-state index in [1.54, 1.807) is 41.6 Å². The van der Waals surface area contributed by atoms with E-state index in [2.05, 4.69) is 10.2 Å². The molecule has 4 N–H and O–H groups in total. The number of hydrogen-bond acceptors (Lipinski definition) is 11. The van der Waals surface area contributed by atoms with Crippen LogP contribution in [-0.4, -0.2) is 83.1 Å². The van der Waals surface area contributed by atoms with Gasteiger partial charge in [-0.2, -0.15) is 5.10 Å². The molecule has 6 heterocycles. The molecule has 62 heavy (non-hydrogen) atoms. The Labute approximate surface area is 355 Å². The Morgan fingerprint density at radius 3 is 2.56 bits per heavy atom. The normalized spacial score (nSPS) is 17.8. The molecular formula is C47H46N6O9. The summed E-state index contributed by atoms with van der Waals surface area (Å²) in [5.74, 6) is -1.56. The van der Waals surface area contributed by atoms with Crippen molar-refractivity contribution in [3.8, 4) is 28.6 Å². The first kappa shape index (κ1) is 40.4. The number of ether oxygens (including phenoxy) is 2. The molecule has 0 saturated carbocycles. The molecular weight excluding hydrogens is 793 g/mol. The van der Waals surface area contributed by atoms with Gasteiger partial charge in [0.2, 0.25) is 5.90 Å². The molecule has 0 fully saturated rings. The molecule has 15 heteroatoms. The third-order valence-corrected chi connectivity index (χ3v) is 12.6. The fourth-order valence-electron chi connectivity index (χ4n) is 8.99. The second-order valence-electron chi connectivity index (χ2n) is 16.4. The average molecular weight is 839 g/mol. The van der Waals surface area contributed by atoms with Crippen LogP contribution in [0.2, 0.25) is 0 Å². The van der Waals surface area contributed by atoms with E-state index in [-0.39, 0.29) is 72.1 Å². The van der Waals surface area contributed by atoms with Gasteiger partial charge in [0.05, 0.1) is 34.7 Å². The summed E-state index contributed by atoms with van der Waals surface area (Å²) in [6.45, 7) is 8.40. The minimum Gasteiger partial charge on any atom is -0.508 e. The van der Waals surface area contributed by atoms with Crippen molar-refractivity contribution in [2.75, 3.05) is 20.2 Å². The summed E-state index contributed by atoms with van der Waals surface area (Å²) in [5.41, 5.74) is 5.12. The Balaban J connectivity index is 0.877. The summed E-state index contributed by atoms with van der Waals surface area (Å²) in [6.07, 6.45) is 2.64. The van der Waals surface area contributed by atoms with Crippen molar-refractivity contribution in [3.63, 3.8) is 0 Å². The van der Waals surface area contributed by atoms with Gasteiger partial charge in [-0.05, 0) is 89.4 Å². The van der Waals surface area contributed by atoms with Crippen LogP contribution in [0.3, 0.4) is 0 Å². The Bertz CT molecular complexity index is 3000. The van der Waals surface area contributed by atoms with Crippen molar-refractivity contribution in [1.82, 2.24) is 19.0 Å². The maximum atomic E-state index is 13.7. The highest BCUT2D eigenvalue weighted by Gasteiger charge is 2.45. The van der Waals surface area contributed by atoms with E-state index < -0.39 is 17.5 Å². The number of aromatic nitrogens is 3. The van der Waals surface area contributed by atoms with E-state index in [0.717, 1.165) is 33.0 Å². The Kier molecular flexibility index (Phi) is 9.89. The molecule has 3 aliphatic rings. The van der Waals surface area contributed by atoms with Gasteiger partial charge >= 0.3 is 5.97 Å². The number of phenols is 2. The molecule has 3 aromatic carbocycles. The number of aromatic hydroxyl groups is 2. The minimum atomic E-state index is -1.91. The second-order valence-corrected chi connectivity index (χ2v) is 16.4. The van der Waals surface area contributed by atoms with Crippen LogP contribution < -0.4 is 10.3 Å². The predicted octanol–water partition coefficient (Wildman–Crippen LogP) is 6.13. The number of hydrogen-bond donors (Lipinski definition) is 4. The maximum absolute atomic E-state index is 13.7. The van der Waals surface area contributed by atoms with Crippen LogP contribution in [0.15, 0.2) is 81.9 Å². The van der Waals surface area contributed by atoms with Gasteiger partial charge in [0, 0.05) is 60.0 Å². The highest BCUT2D eigenvalue weighted by molar-refractivity contribution is 6.20. The van der Waals surface area contributed by atoms with Gasteiger partial charge in [0.25, 0.3) is 11.5 Å². The molecule has 0 aliphatic carbocycles. The summed E-state index contributed by atoms with van der Waals surface area (Å²) in [4.78, 5) is 46.2. The highest BCUT2D eigenvalue weighted by atomic mass is 16.6. The second kappa shape index (κ2) is 15.2. The molecule has 9 rings (SSSR count). The molecule has 318 valence electrons. The minimum absolute atomic E-state index is 0.0113. The van der Waals surface area contributed by atoms with Crippen molar-refractivity contribution in [1.29, 1.82) is 0 Å². The van der Waals surface area contributed by atoms with E-state index in [1.807, 2.05) is 67.9 Å². The number of rotatable bonds is 11. The molecule has 15 nitrogen and oxygen atoms in total. The molecule has 6 aromatic rings. The van der Waals surface area contributed by atoms with Crippen molar-refractivity contribution in [2.45, 2.75) is 77.7 Å². The standard InChI is InChI=1S/C47H46N6O9/c1-6-28-30-17-27(9-10-35(30)48-42-32(28)21-53-37(42)19-34-33(45(53)58)22-62-46(59)47(34,60)7-2)61-23-40(56)51(5)14-15-52-13-12-25-16-26(8-11-36(25)52)41-43(49-50-44(41)57)31-18-29(24(3)4)38(54)20-39(31)55/h8-13,16-20,24,41,54-55,60H,6-7,14-15,21-23H2,1-5H3,(H,50,57). The summed E-state index contributed by atoms with van der Waals surface area (Å²) in [7, 11) is 1.73. The van der Waals surface area contributed by atoms with Gasteiger partial charge < -0.3 is 43.9 Å². The molecule has 2 atom stereocenters. The number of likely N-dealkylation sites (N-methyl/N-ethyl adjacent to an activating group) is 1. The maximum Gasteiger partial charge on any atom is 0.343 e. The van der Waals surface area contributed by atoms with Gasteiger partial charge in [0.15, 0.2) is 12.2 Å². The van der Waals surface area contributed by atoms with Crippen LogP contribution in [0.1, 0.15) is 84.9 Å². The highest BCUT2D eigenvalue weighted by Crippen LogP contribution is 2.42. The van der Waals surface area contributed by atoms with Crippen LogP contribution >= 0.6 is 0 Å². The van der Waals surface area contributed by atoms with Crippen molar-refractivity contribution < 1.29 is 39.5 Å². The number of nitrogens with zero attached hydrogens (tertiary/aromatic N) is 6. The fraction of sp³-hybridized carbons (Fsp3) is 0.319. The average Bonchev–Trinajstić information content (AvgIpc) is 3.96. The monoisotopic (exact) mass is 838 g/mol. The number of amides is 1. The Hall–Kier alpha value is -7.00. The van der Waals surface area contributed by atoms with Crippen LogP contribution in [0.5, 0.6) is 17.2 Å². The number of carbonyl (C=O) groups is 2. The Morgan fingerprint density at radius 1 is 1.00 bits per heavy atom. The van der Waals surface area contributed by atoms with E-state index >= 15 is 0 Å².